The van der Waals surface area contributed by atoms with Gasteiger partial charge in [0.1, 0.15) is 5.82 Å². The summed E-state index contributed by atoms with van der Waals surface area (Å²) in [6.07, 6.45) is 4.26. The molecule has 0 saturated heterocycles. The van der Waals surface area contributed by atoms with Crippen molar-refractivity contribution >= 4 is 0 Å². The van der Waals surface area contributed by atoms with Crippen molar-refractivity contribution in [3.63, 3.8) is 0 Å². The molecule has 2 heteroatoms. The minimum Gasteiger partial charge on any atom is -0.393 e. The van der Waals surface area contributed by atoms with Crippen molar-refractivity contribution in [1.82, 2.24) is 0 Å². The maximum absolute atomic E-state index is 13.2. The molecule has 0 aliphatic heterocycles. The smallest absolute Gasteiger partial charge is 0.126 e. The fourth-order valence-electron chi connectivity index (χ4n) is 1.52. The first-order chi connectivity index (χ1) is 7.24. The molecule has 1 nitrogen and oxygen atoms in total. The Labute approximate surface area is 90.3 Å². The van der Waals surface area contributed by atoms with Gasteiger partial charge >= 0.3 is 0 Å². The highest BCUT2D eigenvalue weighted by Gasteiger charge is 2.08. The third-order valence-corrected chi connectivity index (χ3v) is 2.36. The van der Waals surface area contributed by atoms with Crippen molar-refractivity contribution in [3.05, 3.63) is 48.3 Å². The Morgan fingerprint density at radius 2 is 2.13 bits per heavy atom. The van der Waals surface area contributed by atoms with E-state index in [2.05, 4.69) is 6.58 Å². The molecular weight excluding hydrogens is 191 g/mol. The number of unbranched alkanes of at least 4 members (excludes halogenated alkanes) is 1. The molecule has 0 radical (unpaired) electrons. The Balaban J connectivity index is 2.40. The lowest BCUT2D eigenvalue weighted by Crippen LogP contribution is -2.11. The molecule has 1 rings (SSSR count). The van der Waals surface area contributed by atoms with Crippen LogP contribution in [0, 0.1) is 5.82 Å². The van der Waals surface area contributed by atoms with E-state index in [0.29, 0.717) is 18.4 Å². The van der Waals surface area contributed by atoms with Gasteiger partial charge in [-0.1, -0.05) is 24.3 Å². The lowest BCUT2D eigenvalue weighted by Gasteiger charge is -2.10. The third-order valence-electron chi connectivity index (χ3n) is 2.36. The first-order valence-electron chi connectivity index (χ1n) is 5.26. The fraction of sp³-hybridized carbons (Fsp3) is 0.385. The van der Waals surface area contributed by atoms with Gasteiger partial charge in [0, 0.05) is 6.42 Å². The SMILES string of the molecule is C=CCCCC(O)Cc1ccccc1F. The molecule has 1 aromatic carbocycles. The molecule has 15 heavy (non-hydrogen) atoms. The first kappa shape index (κ1) is 11.9. The molecule has 0 spiro atoms. The summed E-state index contributed by atoms with van der Waals surface area (Å²) in [5.41, 5.74) is 0.587. The summed E-state index contributed by atoms with van der Waals surface area (Å²) in [5, 5.41) is 9.65. The summed E-state index contributed by atoms with van der Waals surface area (Å²) in [5.74, 6) is -0.236. The zero-order chi connectivity index (χ0) is 11.1. The molecule has 0 heterocycles. The molecule has 0 aromatic heterocycles. The highest BCUT2D eigenvalue weighted by molar-refractivity contribution is 5.17. The van der Waals surface area contributed by atoms with Crippen molar-refractivity contribution in [2.75, 3.05) is 0 Å². The van der Waals surface area contributed by atoms with Crippen LogP contribution >= 0.6 is 0 Å². The molecule has 0 bridgehead atoms. The van der Waals surface area contributed by atoms with Crippen LogP contribution in [0.15, 0.2) is 36.9 Å². The second-order valence-electron chi connectivity index (χ2n) is 3.67. The summed E-state index contributed by atoms with van der Waals surface area (Å²) in [6, 6.07) is 6.58. The molecular formula is C13H17FO. The van der Waals surface area contributed by atoms with Crippen LogP contribution in [0.4, 0.5) is 4.39 Å². The van der Waals surface area contributed by atoms with Gasteiger partial charge in [-0.15, -0.1) is 6.58 Å². The standard InChI is InChI=1S/C13H17FO/c1-2-3-4-8-12(15)10-11-7-5-6-9-13(11)14/h2,5-7,9,12,15H,1,3-4,8,10H2. The summed E-state index contributed by atoms with van der Waals surface area (Å²) in [4.78, 5) is 0. The molecule has 0 aliphatic carbocycles. The number of allylic oxidation sites excluding steroid dienone is 1. The van der Waals surface area contributed by atoms with Gasteiger partial charge in [0.25, 0.3) is 0 Å². The summed E-state index contributed by atoms with van der Waals surface area (Å²) >= 11 is 0. The molecule has 0 aliphatic rings. The fourth-order valence-corrected chi connectivity index (χ4v) is 1.52. The molecule has 1 N–H and O–H groups in total. The minimum atomic E-state index is -0.457. The van der Waals surface area contributed by atoms with E-state index in [-0.39, 0.29) is 5.82 Å². The van der Waals surface area contributed by atoms with E-state index in [4.69, 9.17) is 0 Å². The zero-order valence-corrected chi connectivity index (χ0v) is 8.82. The number of halogens is 1. The van der Waals surface area contributed by atoms with Gasteiger partial charge in [-0.3, -0.25) is 0 Å². The molecule has 1 atom stereocenters. The predicted octanol–water partition coefficient (Wildman–Crippen LogP) is 3.09. The average Bonchev–Trinajstić information content (AvgIpc) is 2.22. The van der Waals surface area contributed by atoms with Gasteiger partial charge in [-0.2, -0.15) is 0 Å². The first-order valence-corrected chi connectivity index (χ1v) is 5.26. The number of aliphatic hydroxyl groups excluding tert-OH is 1. The molecule has 0 amide bonds. The van der Waals surface area contributed by atoms with E-state index in [0.717, 1.165) is 12.8 Å². The van der Waals surface area contributed by atoms with Gasteiger partial charge < -0.3 is 5.11 Å². The van der Waals surface area contributed by atoms with E-state index < -0.39 is 6.10 Å². The number of hydrogen-bond acceptors (Lipinski definition) is 1. The lowest BCUT2D eigenvalue weighted by atomic mass is 10.0. The van der Waals surface area contributed by atoms with Crippen molar-refractivity contribution in [2.24, 2.45) is 0 Å². The number of rotatable bonds is 6. The largest absolute Gasteiger partial charge is 0.393 e. The Morgan fingerprint density at radius 3 is 2.80 bits per heavy atom. The zero-order valence-electron chi connectivity index (χ0n) is 8.82. The van der Waals surface area contributed by atoms with Crippen molar-refractivity contribution < 1.29 is 9.50 Å². The second-order valence-corrected chi connectivity index (χ2v) is 3.67. The van der Waals surface area contributed by atoms with Crippen LogP contribution in [-0.2, 0) is 6.42 Å². The van der Waals surface area contributed by atoms with Gasteiger partial charge in [0.15, 0.2) is 0 Å². The van der Waals surface area contributed by atoms with E-state index in [1.54, 1.807) is 18.2 Å². The summed E-state index contributed by atoms with van der Waals surface area (Å²) in [6.45, 7) is 3.61. The topological polar surface area (TPSA) is 20.2 Å². The quantitative estimate of drug-likeness (QED) is 0.562. The summed E-state index contributed by atoms with van der Waals surface area (Å²) in [7, 11) is 0. The Morgan fingerprint density at radius 1 is 1.40 bits per heavy atom. The second kappa shape index (κ2) is 6.36. The number of aliphatic hydroxyl groups is 1. The van der Waals surface area contributed by atoms with Crippen LogP contribution in [0.5, 0.6) is 0 Å². The van der Waals surface area contributed by atoms with Crippen LogP contribution in [0.3, 0.4) is 0 Å². The number of hydrogen-bond donors (Lipinski definition) is 1. The van der Waals surface area contributed by atoms with Crippen LogP contribution in [0.1, 0.15) is 24.8 Å². The highest BCUT2D eigenvalue weighted by atomic mass is 19.1. The van der Waals surface area contributed by atoms with E-state index in [1.807, 2.05) is 6.08 Å². The van der Waals surface area contributed by atoms with E-state index >= 15 is 0 Å². The minimum absolute atomic E-state index is 0.236. The van der Waals surface area contributed by atoms with Gasteiger partial charge in [-0.05, 0) is 30.9 Å². The van der Waals surface area contributed by atoms with Crippen LogP contribution < -0.4 is 0 Å². The normalized spacial score (nSPS) is 12.4. The van der Waals surface area contributed by atoms with Crippen molar-refractivity contribution in [3.8, 4) is 0 Å². The van der Waals surface area contributed by atoms with Crippen LogP contribution in [-0.4, -0.2) is 11.2 Å². The van der Waals surface area contributed by atoms with Gasteiger partial charge in [-0.25, -0.2) is 4.39 Å². The van der Waals surface area contributed by atoms with Gasteiger partial charge in [0.05, 0.1) is 6.10 Å². The maximum atomic E-state index is 13.2. The maximum Gasteiger partial charge on any atom is 0.126 e. The van der Waals surface area contributed by atoms with E-state index in [1.165, 1.54) is 6.07 Å². The van der Waals surface area contributed by atoms with Crippen molar-refractivity contribution in [2.45, 2.75) is 31.8 Å². The molecule has 1 unspecified atom stereocenters. The lowest BCUT2D eigenvalue weighted by molar-refractivity contribution is 0.161. The van der Waals surface area contributed by atoms with Crippen LogP contribution in [0.25, 0.3) is 0 Å². The Bertz CT molecular complexity index is 309. The van der Waals surface area contributed by atoms with Crippen LogP contribution in [0.2, 0.25) is 0 Å². The number of benzene rings is 1. The molecule has 0 saturated carbocycles. The molecule has 1 aromatic rings. The van der Waals surface area contributed by atoms with Crippen molar-refractivity contribution in [1.29, 1.82) is 0 Å². The Kier molecular flexibility index (Phi) is 5.05. The van der Waals surface area contributed by atoms with E-state index in [9.17, 15) is 9.50 Å². The summed E-state index contributed by atoms with van der Waals surface area (Å²) < 4.78 is 13.2. The predicted molar refractivity (Wildman–Crippen MR) is 60.2 cm³/mol. The average molecular weight is 208 g/mol. The molecule has 82 valence electrons. The highest BCUT2D eigenvalue weighted by Crippen LogP contribution is 2.12. The third kappa shape index (κ3) is 4.26. The molecule has 0 fully saturated rings. The monoisotopic (exact) mass is 208 g/mol. The van der Waals surface area contributed by atoms with Gasteiger partial charge in [0.2, 0.25) is 0 Å². The Hall–Kier alpha value is -1.15.